The molecule has 7 heteroatoms. The summed E-state index contributed by atoms with van der Waals surface area (Å²) in [5, 5.41) is 6.45. The molecule has 0 bridgehead atoms. The van der Waals surface area contributed by atoms with E-state index in [2.05, 4.69) is 15.6 Å². The van der Waals surface area contributed by atoms with Crippen LogP contribution >= 0.6 is 24.0 Å². The minimum absolute atomic E-state index is 0. The molecule has 21 heavy (non-hydrogen) atoms. The van der Waals surface area contributed by atoms with Crippen LogP contribution in [0.4, 0.5) is 0 Å². The number of furan rings is 1. The number of rotatable bonds is 10. The maximum Gasteiger partial charge on any atom is 0.191 e. The molecule has 1 aromatic heterocycles. The highest BCUT2D eigenvalue weighted by molar-refractivity contribution is 14.0. The van der Waals surface area contributed by atoms with E-state index in [9.17, 15) is 0 Å². The fourth-order valence-electron chi connectivity index (χ4n) is 1.57. The Morgan fingerprint density at radius 3 is 2.81 bits per heavy atom. The predicted octanol–water partition coefficient (Wildman–Crippen LogP) is 1.66. The molecule has 0 aromatic carbocycles. The molecule has 0 aliphatic rings. The topological polar surface area (TPSA) is 68.0 Å². The Bertz CT molecular complexity index is 358. The molecule has 0 amide bonds. The van der Waals surface area contributed by atoms with Crippen molar-refractivity contribution >= 4 is 29.9 Å². The molecule has 6 nitrogen and oxygen atoms in total. The average Bonchev–Trinajstić information content (AvgIpc) is 2.96. The number of halogens is 1. The van der Waals surface area contributed by atoms with Crippen molar-refractivity contribution in [1.29, 1.82) is 0 Å². The van der Waals surface area contributed by atoms with E-state index in [-0.39, 0.29) is 24.0 Å². The van der Waals surface area contributed by atoms with Gasteiger partial charge in [0.05, 0.1) is 32.6 Å². The van der Waals surface area contributed by atoms with Gasteiger partial charge in [0.15, 0.2) is 5.96 Å². The van der Waals surface area contributed by atoms with E-state index >= 15 is 0 Å². The molecule has 0 aliphatic heterocycles. The van der Waals surface area contributed by atoms with Crippen LogP contribution in [0.25, 0.3) is 0 Å². The third-order valence-corrected chi connectivity index (χ3v) is 2.53. The van der Waals surface area contributed by atoms with E-state index in [0.29, 0.717) is 26.4 Å². The average molecular weight is 411 g/mol. The molecule has 0 spiro atoms. The van der Waals surface area contributed by atoms with Gasteiger partial charge in [0.25, 0.3) is 0 Å². The van der Waals surface area contributed by atoms with E-state index < -0.39 is 0 Å². The number of aliphatic imine (C=N–C) groups is 1. The molecule has 0 radical (unpaired) electrons. The van der Waals surface area contributed by atoms with Crippen LogP contribution in [0.2, 0.25) is 0 Å². The van der Waals surface area contributed by atoms with Crippen LogP contribution < -0.4 is 10.6 Å². The molecule has 0 saturated heterocycles. The number of hydrogen-bond donors (Lipinski definition) is 2. The zero-order valence-electron chi connectivity index (χ0n) is 12.8. The van der Waals surface area contributed by atoms with Gasteiger partial charge in [-0.25, -0.2) is 0 Å². The number of ether oxygens (including phenoxy) is 2. The van der Waals surface area contributed by atoms with Crippen molar-refractivity contribution in [3.8, 4) is 0 Å². The third kappa shape index (κ3) is 10.6. The molecule has 1 rings (SSSR count). The highest BCUT2D eigenvalue weighted by atomic mass is 127. The fourth-order valence-corrected chi connectivity index (χ4v) is 1.57. The first kappa shape index (κ1) is 20.2. The lowest BCUT2D eigenvalue weighted by Gasteiger charge is -2.10. The summed E-state index contributed by atoms with van der Waals surface area (Å²) in [6.45, 7) is 6.09. The van der Waals surface area contributed by atoms with E-state index in [0.717, 1.165) is 31.2 Å². The Hall–Kier alpha value is -0.800. The molecule has 0 saturated carbocycles. The minimum atomic E-state index is 0. The molecule has 2 N–H and O–H groups in total. The van der Waals surface area contributed by atoms with Gasteiger partial charge in [-0.05, 0) is 19.1 Å². The summed E-state index contributed by atoms with van der Waals surface area (Å²) in [4.78, 5) is 4.43. The van der Waals surface area contributed by atoms with Crippen molar-refractivity contribution in [3.05, 3.63) is 24.2 Å². The van der Waals surface area contributed by atoms with Crippen LogP contribution in [-0.4, -0.2) is 52.5 Å². The third-order valence-electron chi connectivity index (χ3n) is 2.53. The highest BCUT2D eigenvalue weighted by Crippen LogP contribution is 1.99. The fraction of sp³-hybridized carbons (Fsp3) is 0.643. The summed E-state index contributed by atoms with van der Waals surface area (Å²) < 4.78 is 15.5. The number of guanidine groups is 1. The molecule has 1 heterocycles. The summed E-state index contributed by atoms with van der Waals surface area (Å²) in [6.07, 6.45) is 2.52. The summed E-state index contributed by atoms with van der Waals surface area (Å²) in [5.74, 6) is 1.77. The SMILES string of the molecule is CCNC(=NCCOCCOC)NCCc1ccco1.I. The monoisotopic (exact) mass is 411 g/mol. The first-order valence-corrected chi connectivity index (χ1v) is 6.98. The van der Waals surface area contributed by atoms with Gasteiger partial charge in [-0.2, -0.15) is 0 Å². The Morgan fingerprint density at radius 2 is 2.14 bits per heavy atom. The zero-order chi connectivity index (χ0) is 14.5. The van der Waals surface area contributed by atoms with Gasteiger partial charge in [-0.3, -0.25) is 4.99 Å². The second kappa shape index (κ2) is 14.2. The van der Waals surface area contributed by atoms with E-state index in [1.165, 1.54) is 0 Å². The Balaban J connectivity index is 0.00000400. The van der Waals surface area contributed by atoms with Gasteiger partial charge < -0.3 is 24.5 Å². The predicted molar refractivity (Wildman–Crippen MR) is 94.5 cm³/mol. The molecular formula is C14H26IN3O3. The van der Waals surface area contributed by atoms with Crippen molar-refractivity contribution < 1.29 is 13.9 Å². The van der Waals surface area contributed by atoms with Crippen LogP contribution in [0.5, 0.6) is 0 Å². The largest absolute Gasteiger partial charge is 0.469 e. The van der Waals surface area contributed by atoms with Gasteiger partial charge in [0.2, 0.25) is 0 Å². The lowest BCUT2D eigenvalue weighted by atomic mass is 10.3. The Morgan fingerprint density at radius 1 is 1.29 bits per heavy atom. The number of methoxy groups -OCH3 is 1. The summed E-state index contributed by atoms with van der Waals surface area (Å²) in [6, 6.07) is 3.86. The smallest absolute Gasteiger partial charge is 0.191 e. The first-order chi connectivity index (χ1) is 9.86. The molecule has 0 fully saturated rings. The van der Waals surface area contributed by atoms with Crippen molar-refractivity contribution in [2.24, 2.45) is 4.99 Å². The number of nitrogens with one attached hydrogen (secondary N) is 2. The standard InChI is InChI=1S/C14H25N3O3.HI/c1-3-15-14(17-8-10-19-12-11-18-2)16-7-6-13-5-4-9-20-13;/h4-5,9H,3,6-8,10-12H2,1-2H3,(H2,15,16,17);1H. The van der Waals surface area contributed by atoms with Crippen molar-refractivity contribution in [2.75, 3.05) is 46.6 Å². The summed E-state index contributed by atoms with van der Waals surface area (Å²) in [5.41, 5.74) is 0. The van der Waals surface area contributed by atoms with E-state index in [1.54, 1.807) is 13.4 Å². The van der Waals surface area contributed by atoms with Crippen molar-refractivity contribution in [2.45, 2.75) is 13.3 Å². The lowest BCUT2D eigenvalue weighted by Crippen LogP contribution is -2.38. The quantitative estimate of drug-likeness (QED) is 0.265. The zero-order valence-corrected chi connectivity index (χ0v) is 15.1. The number of nitrogens with zero attached hydrogens (tertiary/aromatic N) is 1. The van der Waals surface area contributed by atoms with Crippen LogP contribution in [0.15, 0.2) is 27.8 Å². The maximum atomic E-state index is 5.36. The van der Waals surface area contributed by atoms with Crippen LogP contribution in [0.1, 0.15) is 12.7 Å². The van der Waals surface area contributed by atoms with Gasteiger partial charge in [-0.15, -0.1) is 24.0 Å². The van der Waals surface area contributed by atoms with Gasteiger partial charge in [-0.1, -0.05) is 0 Å². The maximum absolute atomic E-state index is 5.36. The molecule has 0 atom stereocenters. The summed E-state index contributed by atoms with van der Waals surface area (Å²) in [7, 11) is 1.66. The normalized spacial score (nSPS) is 11.0. The Kier molecular flexibility index (Phi) is 13.6. The number of hydrogen-bond acceptors (Lipinski definition) is 4. The molecule has 0 unspecified atom stereocenters. The van der Waals surface area contributed by atoms with Crippen LogP contribution in [0.3, 0.4) is 0 Å². The molecular weight excluding hydrogens is 385 g/mol. The molecule has 0 aliphatic carbocycles. The van der Waals surface area contributed by atoms with Gasteiger partial charge >= 0.3 is 0 Å². The van der Waals surface area contributed by atoms with E-state index in [4.69, 9.17) is 13.9 Å². The summed E-state index contributed by atoms with van der Waals surface area (Å²) >= 11 is 0. The van der Waals surface area contributed by atoms with Gasteiger partial charge in [0, 0.05) is 26.6 Å². The second-order valence-electron chi connectivity index (χ2n) is 4.12. The molecule has 122 valence electrons. The van der Waals surface area contributed by atoms with Gasteiger partial charge in [0.1, 0.15) is 5.76 Å². The van der Waals surface area contributed by atoms with E-state index in [1.807, 2.05) is 19.1 Å². The van der Waals surface area contributed by atoms with Crippen LogP contribution in [0, 0.1) is 0 Å². The first-order valence-electron chi connectivity index (χ1n) is 6.98. The Labute approximate surface area is 143 Å². The second-order valence-corrected chi connectivity index (χ2v) is 4.12. The lowest BCUT2D eigenvalue weighted by molar-refractivity contribution is 0.0748. The van der Waals surface area contributed by atoms with Crippen molar-refractivity contribution in [3.63, 3.8) is 0 Å². The van der Waals surface area contributed by atoms with Crippen molar-refractivity contribution in [1.82, 2.24) is 10.6 Å². The van der Waals surface area contributed by atoms with Crippen LogP contribution in [-0.2, 0) is 15.9 Å². The minimum Gasteiger partial charge on any atom is -0.469 e. The molecule has 1 aromatic rings. The highest BCUT2D eigenvalue weighted by Gasteiger charge is 1.99.